The summed E-state index contributed by atoms with van der Waals surface area (Å²) in [6.45, 7) is 2.02. The van der Waals surface area contributed by atoms with Gasteiger partial charge in [0.05, 0.1) is 6.61 Å². The van der Waals surface area contributed by atoms with E-state index in [2.05, 4.69) is 5.32 Å². The Kier molecular flexibility index (Phi) is 4.48. The molecule has 0 spiro atoms. The van der Waals surface area contributed by atoms with Crippen LogP contribution in [0.25, 0.3) is 11.1 Å². The third-order valence-corrected chi connectivity index (χ3v) is 3.04. The van der Waals surface area contributed by atoms with Crippen LogP contribution in [0.4, 0.5) is 4.39 Å². The van der Waals surface area contributed by atoms with Gasteiger partial charge in [0.1, 0.15) is 5.82 Å². The Bertz CT molecular complexity index is 626. The van der Waals surface area contributed by atoms with Crippen LogP contribution in [-0.4, -0.2) is 17.6 Å². The van der Waals surface area contributed by atoms with Crippen molar-refractivity contribution in [2.45, 2.75) is 13.5 Å². The lowest BCUT2D eigenvalue weighted by atomic mass is 9.97. The first-order valence-corrected chi connectivity index (χ1v) is 6.44. The maximum absolute atomic E-state index is 13.4. The Labute approximate surface area is 117 Å². The lowest BCUT2D eigenvalue weighted by molar-refractivity contribution is 0.0956. The number of aliphatic hydroxyl groups is 1. The minimum atomic E-state index is -0.452. The molecule has 104 valence electrons. The number of carbonyl (C=O) groups excluding carboxylic acids is 1. The Hall–Kier alpha value is -2.20. The van der Waals surface area contributed by atoms with Gasteiger partial charge in [0.25, 0.3) is 5.91 Å². The van der Waals surface area contributed by atoms with Crippen LogP contribution in [0.3, 0.4) is 0 Å². The van der Waals surface area contributed by atoms with E-state index < -0.39 is 5.82 Å². The summed E-state index contributed by atoms with van der Waals surface area (Å²) in [5.41, 5.74) is 2.17. The molecule has 0 aliphatic heterocycles. The molecule has 0 bridgehead atoms. The summed E-state index contributed by atoms with van der Waals surface area (Å²) in [4.78, 5) is 12.0. The van der Waals surface area contributed by atoms with Gasteiger partial charge >= 0.3 is 0 Å². The summed E-state index contributed by atoms with van der Waals surface area (Å²) in [5.74, 6) is -0.621. The predicted octanol–water partition coefficient (Wildman–Crippen LogP) is 2.73. The molecule has 20 heavy (non-hydrogen) atoms. The Morgan fingerprint density at radius 1 is 1.25 bits per heavy atom. The molecule has 0 aliphatic carbocycles. The number of halogens is 1. The zero-order chi connectivity index (χ0) is 14.5. The number of amides is 1. The summed E-state index contributed by atoms with van der Waals surface area (Å²) in [5, 5.41) is 11.9. The SMILES string of the molecule is CCNC(=O)c1ccccc1-c1ccc(F)c(CO)c1. The summed E-state index contributed by atoms with van der Waals surface area (Å²) in [7, 11) is 0. The summed E-state index contributed by atoms with van der Waals surface area (Å²) < 4.78 is 13.4. The van der Waals surface area contributed by atoms with Gasteiger partial charge < -0.3 is 10.4 Å². The van der Waals surface area contributed by atoms with Crippen LogP contribution in [0.5, 0.6) is 0 Å². The Morgan fingerprint density at radius 2 is 2.00 bits per heavy atom. The zero-order valence-corrected chi connectivity index (χ0v) is 11.2. The average molecular weight is 273 g/mol. The number of hydrogen-bond acceptors (Lipinski definition) is 2. The number of carbonyl (C=O) groups is 1. The van der Waals surface area contributed by atoms with Crippen molar-refractivity contribution < 1.29 is 14.3 Å². The molecule has 2 N–H and O–H groups in total. The molecule has 0 saturated carbocycles. The molecule has 0 saturated heterocycles. The van der Waals surface area contributed by atoms with Crippen LogP contribution in [-0.2, 0) is 6.61 Å². The lowest BCUT2D eigenvalue weighted by Gasteiger charge is -2.10. The maximum Gasteiger partial charge on any atom is 0.251 e. The fourth-order valence-electron chi connectivity index (χ4n) is 2.05. The predicted molar refractivity (Wildman–Crippen MR) is 75.8 cm³/mol. The van der Waals surface area contributed by atoms with E-state index in [9.17, 15) is 9.18 Å². The number of aliphatic hydroxyl groups excluding tert-OH is 1. The highest BCUT2D eigenvalue weighted by atomic mass is 19.1. The highest BCUT2D eigenvalue weighted by Gasteiger charge is 2.12. The van der Waals surface area contributed by atoms with Gasteiger partial charge in [0, 0.05) is 17.7 Å². The summed E-state index contributed by atoms with van der Waals surface area (Å²) >= 11 is 0. The molecular formula is C16H16FNO2. The molecule has 2 aromatic rings. The van der Waals surface area contributed by atoms with Gasteiger partial charge in [-0.15, -0.1) is 0 Å². The molecule has 3 nitrogen and oxygen atoms in total. The highest BCUT2D eigenvalue weighted by Crippen LogP contribution is 2.25. The van der Waals surface area contributed by atoms with E-state index in [-0.39, 0.29) is 18.1 Å². The van der Waals surface area contributed by atoms with Crippen LogP contribution in [0.1, 0.15) is 22.8 Å². The normalized spacial score (nSPS) is 10.3. The topological polar surface area (TPSA) is 49.3 Å². The molecule has 2 rings (SSSR count). The third kappa shape index (κ3) is 2.86. The average Bonchev–Trinajstić information content (AvgIpc) is 2.48. The van der Waals surface area contributed by atoms with E-state index in [0.717, 1.165) is 0 Å². The standard InChI is InChI=1S/C16H16FNO2/c1-2-18-16(20)14-6-4-3-5-13(14)11-7-8-15(17)12(9-11)10-19/h3-9,19H,2,10H2,1H3,(H,18,20). The molecule has 0 atom stereocenters. The van der Waals surface area contributed by atoms with Crippen LogP contribution in [0, 0.1) is 5.82 Å². The van der Waals surface area contributed by atoms with E-state index in [1.165, 1.54) is 6.07 Å². The van der Waals surface area contributed by atoms with Gasteiger partial charge in [0.15, 0.2) is 0 Å². The van der Waals surface area contributed by atoms with E-state index >= 15 is 0 Å². The monoisotopic (exact) mass is 273 g/mol. The van der Waals surface area contributed by atoms with Crippen molar-refractivity contribution in [2.24, 2.45) is 0 Å². The number of rotatable bonds is 4. The van der Waals surface area contributed by atoms with E-state index in [4.69, 9.17) is 5.11 Å². The fraction of sp³-hybridized carbons (Fsp3) is 0.188. The first-order chi connectivity index (χ1) is 9.67. The van der Waals surface area contributed by atoms with Gasteiger partial charge in [-0.25, -0.2) is 4.39 Å². The van der Waals surface area contributed by atoms with Crippen molar-refractivity contribution in [2.75, 3.05) is 6.54 Å². The van der Waals surface area contributed by atoms with Crippen molar-refractivity contribution in [3.8, 4) is 11.1 Å². The van der Waals surface area contributed by atoms with E-state index in [1.807, 2.05) is 13.0 Å². The minimum Gasteiger partial charge on any atom is -0.392 e. The van der Waals surface area contributed by atoms with Gasteiger partial charge in [0.2, 0.25) is 0 Å². The van der Waals surface area contributed by atoms with Crippen LogP contribution < -0.4 is 5.32 Å². The van der Waals surface area contributed by atoms with Crippen molar-refractivity contribution in [3.63, 3.8) is 0 Å². The molecule has 0 aliphatic rings. The maximum atomic E-state index is 13.4. The first-order valence-electron chi connectivity index (χ1n) is 6.44. The molecule has 0 heterocycles. The summed E-state index contributed by atoms with van der Waals surface area (Å²) in [6, 6.07) is 11.6. The molecule has 0 aromatic heterocycles. The van der Waals surface area contributed by atoms with E-state index in [0.29, 0.717) is 23.2 Å². The second kappa shape index (κ2) is 6.30. The molecule has 1 amide bonds. The van der Waals surface area contributed by atoms with Gasteiger partial charge in [-0.2, -0.15) is 0 Å². The van der Waals surface area contributed by atoms with Crippen molar-refractivity contribution >= 4 is 5.91 Å². The fourth-order valence-corrected chi connectivity index (χ4v) is 2.05. The first kappa shape index (κ1) is 14.2. The summed E-state index contributed by atoms with van der Waals surface area (Å²) in [6.07, 6.45) is 0. The largest absolute Gasteiger partial charge is 0.392 e. The molecular weight excluding hydrogens is 257 g/mol. The Balaban J connectivity index is 2.50. The van der Waals surface area contributed by atoms with Crippen LogP contribution in [0.15, 0.2) is 42.5 Å². The van der Waals surface area contributed by atoms with Crippen molar-refractivity contribution in [3.05, 3.63) is 59.4 Å². The Morgan fingerprint density at radius 3 is 2.70 bits per heavy atom. The quantitative estimate of drug-likeness (QED) is 0.900. The number of nitrogens with one attached hydrogen (secondary N) is 1. The molecule has 0 radical (unpaired) electrons. The van der Waals surface area contributed by atoms with Crippen LogP contribution >= 0.6 is 0 Å². The number of hydrogen-bond donors (Lipinski definition) is 2. The molecule has 2 aromatic carbocycles. The van der Waals surface area contributed by atoms with Gasteiger partial charge in [-0.1, -0.05) is 24.3 Å². The smallest absolute Gasteiger partial charge is 0.251 e. The second-order valence-corrected chi connectivity index (χ2v) is 4.37. The van der Waals surface area contributed by atoms with Gasteiger partial charge in [-0.3, -0.25) is 4.79 Å². The minimum absolute atomic E-state index is 0.169. The van der Waals surface area contributed by atoms with Gasteiger partial charge in [-0.05, 0) is 36.2 Å². The van der Waals surface area contributed by atoms with Crippen molar-refractivity contribution in [1.29, 1.82) is 0 Å². The second-order valence-electron chi connectivity index (χ2n) is 4.37. The lowest BCUT2D eigenvalue weighted by Crippen LogP contribution is -2.23. The molecule has 0 fully saturated rings. The number of benzene rings is 2. The zero-order valence-electron chi connectivity index (χ0n) is 11.2. The third-order valence-electron chi connectivity index (χ3n) is 3.04. The molecule has 4 heteroatoms. The highest BCUT2D eigenvalue weighted by molar-refractivity contribution is 6.00. The van der Waals surface area contributed by atoms with E-state index in [1.54, 1.807) is 30.3 Å². The van der Waals surface area contributed by atoms with Crippen molar-refractivity contribution in [1.82, 2.24) is 5.32 Å². The van der Waals surface area contributed by atoms with Crippen LogP contribution in [0.2, 0.25) is 0 Å². The molecule has 0 unspecified atom stereocenters.